The number of carbonyl (C=O) groups excluding carboxylic acids is 1. The van der Waals surface area contributed by atoms with E-state index >= 15 is 0 Å². The van der Waals surface area contributed by atoms with E-state index in [-0.39, 0.29) is 17.9 Å². The van der Waals surface area contributed by atoms with Crippen molar-refractivity contribution in [2.24, 2.45) is 5.92 Å². The van der Waals surface area contributed by atoms with E-state index in [9.17, 15) is 9.59 Å². The highest BCUT2D eigenvalue weighted by Crippen LogP contribution is 2.26. The monoisotopic (exact) mass is 353 g/mol. The van der Waals surface area contributed by atoms with E-state index in [0.717, 1.165) is 5.56 Å². The zero-order valence-corrected chi connectivity index (χ0v) is 14.8. The standard InChI is InChI=1S/C21H23NO4/c1-14-4-2-5-15(10-14)13-26-19-7-3-6-16(12-19)20(23)22-18-9-8-17(11-18)21(24)25/h2-7,10,12,17-18H,8-9,11,13H2,1H3,(H,22,23)(H,24,25)/t17-,18+/m0/s1. The Hall–Kier alpha value is -2.82. The predicted molar refractivity (Wildman–Crippen MR) is 98.2 cm³/mol. The second-order valence-electron chi connectivity index (χ2n) is 6.82. The molecule has 136 valence electrons. The fourth-order valence-corrected chi connectivity index (χ4v) is 3.30. The molecule has 1 fully saturated rings. The van der Waals surface area contributed by atoms with Crippen LogP contribution in [0, 0.1) is 12.8 Å². The van der Waals surface area contributed by atoms with Crippen molar-refractivity contribution < 1.29 is 19.4 Å². The third-order valence-electron chi connectivity index (χ3n) is 4.70. The third-order valence-corrected chi connectivity index (χ3v) is 4.70. The summed E-state index contributed by atoms with van der Waals surface area (Å²) in [4.78, 5) is 23.5. The maximum Gasteiger partial charge on any atom is 0.306 e. The molecule has 0 radical (unpaired) electrons. The van der Waals surface area contributed by atoms with Gasteiger partial charge in [-0.3, -0.25) is 9.59 Å². The largest absolute Gasteiger partial charge is 0.489 e. The molecule has 0 unspecified atom stereocenters. The summed E-state index contributed by atoms with van der Waals surface area (Å²) < 4.78 is 5.80. The molecule has 0 heterocycles. The molecule has 1 saturated carbocycles. The number of aliphatic carboxylic acids is 1. The first-order chi connectivity index (χ1) is 12.5. The quantitative estimate of drug-likeness (QED) is 0.833. The molecular weight excluding hydrogens is 330 g/mol. The summed E-state index contributed by atoms with van der Waals surface area (Å²) in [5, 5.41) is 12.0. The highest BCUT2D eigenvalue weighted by Gasteiger charge is 2.30. The lowest BCUT2D eigenvalue weighted by molar-refractivity contribution is -0.141. The Morgan fingerprint density at radius 3 is 2.69 bits per heavy atom. The van der Waals surface area contributed by atoms with Gasteiger partial charge in [0.15, 0.2) is 0 Å². The van der Waals surface area contributed by atoms with Crippen molar-refractivity contribution in [3.63, 3.8) is 0 Å². The summed E-state index contributed by atoms with van der Waals surface area (Å²) in [6.07, 6.45) is 1.80. The normalized spacial score (nSPS) is 19.1. The zero-order chi connectivity index (χ0) is 18.5. The molecule has 26 heavy (non-hydrogen) atoms. The van der Waals surface area contributed by atoms with Crippen molar-refractivity contribution in [2.75, 3.05) is 0 Å². The molecule has 1 aliphatic rings. The Labute approximate surface area is 153 Å². The number of rotatable bonds is 6. The number of carboxylic acid groups (broad SMARTS) is 1. The Balaban J connectivity index is 1.58. The number of benzene rings is 2. The van der Waals surface area contributed by atoms with Crippen LogP contribution in [-0.4, -0.2) is 23.0 Å². The molecule has 0 spiro atoms. The number of amides is 1. The van der Waals surface area contributed by atoms with Crippen LogP contribution in [-0.2, 0) is 11.4 Å². The third kappa shape index (κ3) is 4.63. The van der Waals surface area contributed by atoms with Crippen LogP contribution >= 0.6 is 0 Å². The van der Waals surface area contributed by atoms with Crippen LogP contribution in [0.2, 0.25) is 0 Å². The predicted octanol–water partition coefficient (Wildman–Crippen LogP) is 3.56. The number of hydrogen-bond donors (Lipinski definition) is 2. The van der Waals surface area contributed by atoms with Crippen molar-refractivity contribution in [1.82, 2.24) is 5.32 Å². The average Bonchev–Trinajstić information content (AvgIpc) is 3.09. The Kier molecular flexibility index (Phi) is 5.56. The molecule has 0 aromatic heterocycles. The van der Waals surface area contributed by atoms with Crippen molar-refractivity contribution in [1.29, 1.82) is 0 Å². The number of carboxylic acids is 1. The average molecular weight is 353 g/mol. The van der Waals surface area contributed by atoms with Crippen molar-refractivity contribution >= 4 is 11.9 Å². The summed E-state index contributed by atoms with van der Waals surface area (Å²) in [7, 11) is 0. The number of nitrogens with one attached hydrogen (secondary N) is 1. The van der Waals surface area contributed by atoms with Gasteiger partial charge in [-0.15, -0.1) is 0 Å². The van der Waals surface area contributed by atoms with E-state index in [2.05, 4.69) is 11.4 Å². The summed E-state index contributed by atoms with van der Waals surface area (Å²) in [6, 6.07) is 15.1. The fourth-order valence-electron chi connectivity index (χ4n) is 3.30. The highest BCUT2D eigenvalue weighted by atomic mass is 16.5. The van der Waals surface area contributed by atoms with E-state index in [4.69, 9.17) is 9.84 Å². The van der Waals surface area contributed by atoms with Crippen molar-refractivity contribution in [3.8, 4) is 5.75 Å². The Bertz CT molecular complexity index is 802. The molecule has 0 aliphatic heterocycles. The van der Waals surface area contributed by atoms with Crippen LogP contribution in [0.4, 0.5) is 0 Å². The smallest absolute Gasteiger partial charge is 0.306 e. The van der Waals surface area contributed by atoms with E-state index in [1.54, 1.807) is 18.2 Å². The van der Waals surface area contributed by atoms with Gasteiger partial charge in [0.2, 0.25) is 0 Å². The van der Waals surface area contributed by atoms with Gasteiger partial charge in [0.05, 0.1) is 5.92 Å². The molecule has 0 bridgehead atoms. The van der Waals surface area contributed by atoms with Crippen LogP contribution in [0.25, 0.3) is 0 Å². The lowest BCUT2D eigenvalue weighted by Gasteiger charge is -2.13. The second-order valence-corrected chi connectivity index (χ2v) is 6.82. The lowest BCUT2D eigenvalue weighted by atomic mass is 10.1. The van der Waals surface area contributed by atoms with Gasteiger partial charge in [-0.05, 0) is 49.9 Å². The second kappa shape index (κ2) is 8.04. The van der Waals surface area contributed by atoms with Crippen LogP contribution in [0.15, 0.2) is 48.5 Å². The Morgan fingerprint density at radius 2 is 1.96 bits per heavy atom. The van der Waals surface area contributed by atoms with Gasteiger partial charge in [0.25, 0.3) is 5.91 Å². The van der Waals surface area contributed by atoms with E-state index in [1.807, 2.05) is 31.2 Å². The SMILES string of the molecule is Cc1cccc(COc2cccc(C(=O)N[C@@H]3CC[C@H](C(=O)O)C3)c2)c1. The highest BCUT2D eigenvalue weighted by molar-refractivity contribution is 5.94. The maximum atomic E-state index is 12.4. The number of ether oxygens (including phenoxy) is 1. The fraction of sp³-hybridized carbons (Fsp3) is 0.333. The van der Waals surface area contributed by atoms with Gasteiger partial charge in [-0.2, -0.15) is 0 Å². The lowest BCUT2D eigenvalue weighted by Crippen LogP contribution is -2.33. The molecule has 2 N–H and O–H groups in total. The summed E-state index contributed by atoms with van der Waals surface area (Å²) in [6.45, 7) is 2.47. The molecule has 2 aromatic carbocycles. The van der Waals surface area contributed by atoms with Crippen molar-refractivity contribution in [2.45, 2.75) is 38.8 Å². The van der Waals surface area contributed by atoms with Crippen LogP contribution in [0.5, 0.6) is 5.75 Å². The molecule has 2 aromatic rings. The van der Waals surface area contributed by atoms with Gasteiger partial charge in [-0.25, -0.2) is 0 Å². The molecule has 1 amide bonds. The maximum absolute atomic E-state index is 12.4. The minimum atomic E-state index is -0.784. The van der Waals surface area contributed by atoms with Gasteiger partial charge >= 0.3 is 5.97 Å². The number of carbonyl (C=O) groups is 2. The van der Waals surface area contributed by atoms with Crippen LogP contribution in [0.3, 0.4) is 0 Å². The molecule has 1 aliphatic carbocycles. The van der Waals surface area contributed by atoms with Crippen LogP contribution < -0.4 is 10.1 Å². The molecule has 5 heteroatoms. The minimum Gasteiger partial charge on any atom is -0.489 e. The molecule has 3 rings (SSSR count). The molecule has 2 atom stereocenters. The first kappa shape index (κ1) is 18.0. The number of aryl methyl sites for hydroxylation is 1. The summed E-state index contributed by atoms with van der Waals surface area (Å²) >= 11 is 0. The topological polar surface area (TPSA) is 75.6 Å². The van der Waals surface area contributed by atoms with Crippen molar-refractivity contribution in [3.05, 3.63) is 65.2 Å². The van der Waals surface area contributed by atoms with Gasteiger partial charge < -0.3 is 15.2 Å². The number of hydrogen-bond acceptors (Lipinski definition) is 3. The first-order valence-corrected chi connectivity index (χ1v) is 8.83. The van der Waals surface area contributed by atoms with Crippen LogP contribution in [0.1, 0.15) is 40.7 Å². The molecule has 0 saturated heterocycles. The zero-order valence-electron chi connectivity index (χ0n) is 14.8. The van der Waals surface area contributed by atoms with E-state index in [0.29, 0.717) is 37.2 Å². The van der Waals surface area contributed by atoms with Gasteiger partial charge in [-0.1, -0.05) is 35.9 Å². The summed E-state index contributed by atoms with van der Waals surface area (Å²) in [5.41, 5.74) is 2.77. The van der Waals surface area contributed by atoms with Gasteiger partial charge in [0.1, 0.15) is 12.4 Å². The summed E-state index contributed by atoms with van der Waals surface area (Å²) in [5.74, 6) is -0.700. The van der Waals surface area contributed by atoms with E-state index in [1.165, 1.54) is 5.56 Å². The molecule has 5 nitrogen and oxygen atoms in total. The van der Waals surface area contributed by atoms with Gasteiger partial charge in [0, 0.05) is 11.6 Å². The minimum absolute atomic E-state index is 0.0829. The molecular formula is C21H23NO4. The first-order valence-electron chi connectivity index (χ1n) is 8.83. The Morgan fingerprint density at radius 1 is 1.15 bits per heavy atom. The van der Waals surface area contributed by atoms with E-state index < -0.39 is 5.97 Å².